The molecule has 2 N–H and O–H groups in total. The predicted octanol–water partition coefficient (Wildman–Crippen LogP) is 1.95. The molecule has 0 saturated heterocycles. The number of hydrogen-bond acceptors (Lipinski definition) is 2. The van der Waals surface area contributed by atoms with Gasteiger partial charge in [-0.25, -0.2) is 8.78 Å². The molecule has 0 aliphatic carbocycles. The Labute approximate surface area is 85.1 Å². The fraction of sp³-hybridized carbons (Fsp3) is 0.100. The zero-order valence-corrected chi connectivity index (χ0v) is 8.04. The zero-order valence-electron chi connectivity index (χ0n) is 8.04. The minimum atomic E-state index is -0.905. The second kappa shape index (κ2) is 3.34. The van der Waals surface area contributed by atoms with E-state index in [9.17, 15) is 8.78 Å². The van der Waals surface area contributed by atoms with Crippen LogP contribution in [-0.4, -0.2) is 9.78 Å². The number of rotatable bonds is 1. The molecule has 1 heterocycles. The summed E-state index contributed by atoms with van der Waals surface area (Å²) < 4.78 is 27.8. The van der Waals surface area contributed by atoms with Gasteiger partial charge in [0.15, 0.2) is 17.5 Å². The molecule has 5 heteroatoms. The molecule has 0 radical (unpaired) electrons. The number of aromatic nitrogens is 2. The van der Waals surface area contributed by atoms with E-state index in [0.29, 0.717) is 5.56 Å². The molecule has 0 aliphatic heterocycles. The van der Waals surface area contributed by atoms with E-state index >= 15 is 0 Å². The van der Waals surface area contributed by atoms with E-state index in [0.717, 1.165) is 6.07 Å². The molecule has 1 aromatic heterocycles. The normalized spacial score (nSPS) is 10.6. The van der Waals surface area contributed by atoms with E-state index in [1.165, 1.54) is 16.8 Å². The van der Waals surface area contributed by atoms with Crippen molar-refractivity contribution < 1.29 is 8.78 Å². The number of nitrogens with zero attached hydrogens (tertiary/aromatic N) is 2. The third-order valence-electron chi connectivity index (χ3n) is 2.10. The summed E-state index contributed by atoms with van der Waals surface area (Å²) in [6, 6.07) is 3.96. The second-order valence-corrected chi connectivity index (χ2v) is 3.20. The Morgan fingerprint density at radius 1 is 1.27 bits per heavy atom. The standard InChI is InChI=1S/C10H9F2N3/c1-15-5-7(10(13)14-15)6-3-2-4-8(11)9(6)12/h2-5H,1H3,(H2,13,14). The molecule has 0 bridgehead atoms. The van der Waals surface area contributed by atoms with Crippen LogP contribution in [0.4, 0.5) is 14.6 Å². The van der Waals surface area contributed by atoms with Crippen LogP contribution >= 0.6 is 0 Å². The number of anilines is 1. The van der Waals surface area contributed by atoms with Crippen LogP contribution in [0.15, 0.2) is 24.4 Å². The molecule has 78 valence electrons. The molecule has 2 rings (SSSR count). The topological polar surface area (TPSA) is 43.8 Å². The molecule has 0 fully saturated rings. The quantitative estimate of drug-likeness (QED) is 0.780. The lowest BCUT2D eigenvalue weighted by Gasteiger charge is -2.01. The Balaban J connectivity index is 2.64. The highest BCUT2D eigenvalue weighted by Gasteiger charge is 2.14. The molecule has 0 spiro atoms. The van der Waals surface area contributed by atoms with Crippen molar-refractivity contribution in [1.82, 2.24) is 9.78 Å². The fourth-order valence-electron chi connectivity index (χ4n) is 1.42. The van der Waals surface area contributed by atoms with Gasteiger partial charge in [-0.3, -0.25) is 4.68 Å². The van der Waals surface area contributed by atoms with Crippen LogP contribution in [0.1, 0.15) is 0 Å². The van der Waals surface area contributed by atoms with Gasteiger partial charge >= 0.3 is 0 Å². The van der Waals surface area contributed by atoms with Crippen LogP contribution in [-0.2, 0) is 7.05 Å². The second-order valence-electron chi connectivity index (χ2n) is 3.20. The summed E-state index contributed by atoms with van der Waals surface area (Å²) in [4.78, 5) is 0. The van der Waals surface area contributed by atoms with Crippen molar-refractivity contribution in [3.05, 3.63) is 36.0 Å². The number of hydrogen-bond donors (Lipinski definition) is 1. The average Bonchev–Trinajstić information content (AvgIpc) is 2.50. The van der Waals surface area contributed by atoms with E-state index < -0.39 is 11.6 Å². The van der Waals surface area contributed by atoms with Gasteiger partial charge in [-0.2, -0.15) is 5.10 Å². The molecule has 0 amide bonds. The third-order valence-corrected chi connectivity index (χ3v) is 2.10. The van der Waals surface area contributed by atoms with Gasteiger partial charge in [0.2, 0.25) is 0 Å². The molecule has 15 heavy (non-hydrogen) atoms. The first kappa shape index (κ1) is 9.64. The Morgan fingerprint density at radius 3 is 2.60 bits per heavy atom. The Bertz CT molecular complexity index is 505. The molecule has 1 aromatic carbocycles. The summed E-state index contributed by atoms with van der Waals surface area (Å²) in [5, 5.41) is 3.86. The number of aryl methyl sites for hydroxylation is 1. The Kier molecular flexibility index (Phi) is 2.15. The lowest BCUT2D eigenvalue weighted by Crippen LogP contribution is -1.92. The van der Waals surface area contributed by atoms with E-state index in [1.807, 2.05) is 0 Å². The first-order valence-electron chi connectivity index (χ1n) is 4.33. The Morgan fingerprint density at radius 2 is 2.00 bits per heavy atom. The summed E-state index contributed by atoms with van der Waals surface area (Å²) in [6.45, 7) is 0. The van der Waals surface area contributed by atoms with Gasteiger partial charge in [-0.15, -0.1) is 0 Å². The summed E-state index contributed by atoms with van der Waals surface area (Å²) in [7, 11) is 1.66. The van der Waals surface area contributed by atoms with Crippen molar-refractivity contribution in [2.24, 2.45) is 7.05 Å². The van der Waals surface area contributed by atoms with Crippen molar-refractivity contribution in [2.75, 3.05) is 5.73 Å². The monoisotopic (exact) mass is 209 g/mol. The lowest BCUT2D eigenvalue weighted by atomic mass is 10.1. The predicted molar refractivity (Wildman–Crippen MR) is 53.0 cm³/mol. The molecule has 3 nitrogen and oxygen atoms in total. The van der Waals surface area contributed by atoms with Gasteiger partial charge < -0.3 is 5.73 Å². The average molecular weight is 209 g/mol. The number of halogens is 2. The maximum Gasteiger partial charge on any atom is 0.166 e. The van der Waals surface area contributed by atoms with E-state index in [-0.39, 0.29) is 11.4 Å². The van der Waals surface area contributed by atoms with Crippen LogP contribution in [0.2, 0.25) is 0 Å². The molecule has 0 aliphatic rings. The van der Waals surface area contributed by atoms with Crippen LogP contribution < -0.4 is 5.73 Å². The van der Waals surface area contributed by atoms with Gasteiger partial charge in [0.1, 0.15) is 0 Å². The van der Waals surface area contributed by atoms with Gasteiger partial charge in [0, 0.05) is 24.4 Å². The minimum absolute atomic E-state index is 0.126. The maximum absolute atomic E-state index is 13.4. The summed E-state index contributed by atoms with van der Waals surface area (Å²) in [5.41, 5.74) is 6.09. The highest BCUT2D eigenvalue weighted by molar-refractivity contribution is 5.73. The van der Waals surface area contributed by atoms with Crippen LogP contribution in [0, 0.1) is 11.6 Å². The van der Waals surface area contributed by atoms with Crippen molar-refractivity contribution >= 4 is 5.82 Å². The summed E-state index contributed by atoms with van der Waals surface area (Å²) >= 11 is 0. The van der Waals surface area contributed by atoms with E-state index in [4.69, 9.17) is 5.73 Å². The largest absolute Gasteiger partial charge is 0.382 e. The van der Waals surface area contributed by atoms with Crippen molar-refractivity contribution in [3.8, 4) is 11.1 Å². The number of nitrogen functional groups attached to an aromatic ring is 1. The lowest BCUT2D eigenvalue weighted by molar-refractivity contribution is 0.511. The maximum atomic E-state index is 13.4. The number of nitrogens with two attached hydrogens (primary N) is 1. The first-order valence-corrected chi connectivity index (χ1v) is 4.33. The van der Waals surface area contributed by atoms with Crippen LogP contribution in [0.5, 0.6) is 0 Å². The molecule has 0 saturated carbocycles. The fourth-order valence-corrected chi connectivity index (χ4v) is 1.42. The van der Waals surface area contributed by atoms with Crippen molar-refractivity contribution in [1.29, 1.82) is 0 Å². The highest BCUT2D eigenvalue weighted by Crippen LogP contribution is 2.27. The van der Waals surface area contributed by atoms with Crippen LogP contribution in [0.3, 0.4) is 0 Å². The third kappa shape index (κ3) is 1.56. The molecule has 0 atom stereocenters. The highest BCUT2D eigenvalue weighted by atomic mass is 19.2. The first-order chi connectivity index (χ1) is 7.09. The van der Waals surface area contributed by atoms with Crippen LogP contribution in [0.25, 0.3) is 11.1 Å². The molecule has 2 aromatic rings. The number of benzene rings is 1. The van der Waals surface area contributed by atoms with E-state index in [2.05, 4.69) is 5.10 Å². The molecular formula is C10H9F2N3. The zero-order chi connectivity index (χ0) is 11.0. The van der Waals surface area contributed by atoms with Crippen molar-refractivity contribution in [2.45, 2.75) is 0 Å². The molecule has 0 unspecified atom stereocenters. The minimum Gasteiger partial charge on any atom is -0.382 e. The van der Waals surface area contributed by atoms with Gasteiger partial charge in [0.05, 0.1) is 0 Å². The Hall–Kier alpha value is -1.91. The smallest absolute Gasteiger partial charge is 0.166 e. The van der Waals surface area contributed by atoms with E-state index in [1.54, 1.807) is 13.2 Å². The summed E-state index contributed by atoms with van der Waals surface area (Å²) in [5.74, 6) is -1.62. The van der Waals surface area contributed by atoms with Gasteiger partial charge in [-0.05, 0) is 6.07 Å². The van der Waals surface area contributed by atoms with Gasteiger partial charge in [0.25, 0.3) is 0 Å². The van der Waals surface area contributed by atoms with Gasteiger partial charge in [-0.1, -0.05) is 12.1 Å². The molecular weight excluding hydrogens is 200 g/mol. The SMILES string of the molecule is Cn1cc(-c2cccc(F)c2F)c(N)n1. The van der Waals surface area contributed by atoms with Crippen molar-refractivity contribution in [3.63, 3.8) is 0 Å². The summed E-state index contributed by atoms with van der Waals surface area (Å²) in [6.07, 6.45) is 1.55.